The average Bonchev–Trinajstić information content (AvgIpc) is 2.38. The number of rotatable bonds is 4. The van der Waals surface area contributed by atoms with Crippen LogP contribution in [0.4, 0.5) is 5.69 Å². The van der Waals surface area contributed by atoms with Crippen molar-refractivity contribution in [2.45, 2.75) is 25.9 Å². The van der Waals surface area contributed by atoms with Gasteiger partial charge in [0.1, 0.15) is 6.61 Å². The van der Waals surface area contributed by atoms with E-state index in [2.05, 4.69) is 10.6 Å². The molecule has 0 spiro atoms. The summed E-state index contributed by atoms with van der Waals surface area (Å²) in [5, 5.41) is 6.11. The molecule has 0 saturated carbocycles. The van der Waals surface area contributed by atoms with E-state index in [1.54, 1.807) is 0 Å². The molecular weight excluding hydrogens is 228 g/mol. The monoisotopic (exact) mass is 248 g/mol. The average molecular weight is 248 g/mol. The van der Waals surface area contributed by atoms with E-state index < -0.39 is 0 Å². The molecular formula is C14H20N2O2. The topological polar surface area (TPSA) is 50.4 Å². The highest BCUT2D eigenvalue weighted by atomic mass is 16.5. The van der Waals surface area contributed by atoms with Crippen molar-refractivity contribution in [1.82, 2.24) is 5.32 Å². The quantitative estimate of drug-likeness (QED) is 0.852. The minimum absolute atomic E-state index is 0.0841. The number of ether oxygens (including phenoxy) is 1. The Balaban J connectivity index is 1.74. The Bertz CT molecular complexity index is 401. The molecule has 98 valence electrons. The highest BCUT2D eigenvalue weighted by molar-refractivity contribution is 5.91. The second-order valence-corrected chi connectivity index (χ2v) is 4.68. The third-order valence-electron chi connectivity index (χ3n) is 3.04. The summed E-state index contributed by atoms with van der Waals surface area (Å²) in [5.41, 5.74) is 1.96. The Kier molecular flexibility index (Phi) is 4.73. The van der Waals surface area contributed by atoms with Gasteiger partial charge in [-0.05, 0) is 50.6 Å². The highest BCUT2D eigenvalue weighted by Crippen LogP contribution is 2.10. The molecule has 1 aliphatic rings. The molecule has 4 nitrogen and oxygen atoms in total. The van der Waals surface area contributed by atoms with Crippen molar-refractivity contribution in [3.8, 4) is 0 Å². The summed E-state index contributed by atoms with van der Waals surface area (Å²) in [5.74, 6) is -0.0841. The van der Waals surface area contributed by atoms with Gasteiger partial charge in [0.15, 0.2) is 0 Å². The molecule has 0 aliphatic carbocycles. The van der Waals surface area contributed by atoms with E-state index in [-0.39, 0.29) is 18.6 Å². The van der Waals surface area contributed by atoms with Crippen LogP contribution in [0.15, 0.2) is 24.3 Å². The maximum atomic E-state index is 11.7. The Labute approximate surface area is 108 Å². The first-order valence-electron chi connectivity index (χ1n) is 6.43. The molecule has 0 unspecified atom stereocenters. The fourth-order valence-electron chi connectivity index (χ4n) is 2.08. The summed E-state index contributed by atoms with van der Waals surface area (Å²) in [6, 6.07) is 7.76. The Morgan fingerprint density at radius 1 is 1.44 bits per heavy atom. The van der Waals surface area contributed by atoms with E-state index in [1.807, 2.05) is 31.2 Å². The molecule has 0 atom stereocenters. The first-order chi connectivity index (χ1) is 8.74. The molecule has 1 aromatic rings. The molecule has 1 heterocycles. The van der Waals surface area contributed by atoms with Gasteiger partial charge < -0.3 is 15.4 Å². The second-order valence-electron chi connectivity index (χ2n) is 4.68. The van der Waals surface area contributed by atoms with Crippen molar-refractivity contribution in [3.63, 3.8) is 0 Å². The molecule has 1 aromatic carbocycles. The molecule has 18 heavy (non-hydrogen) atoms. The van der Waals surface area contributed by atoms with E-state index in [1.165, 1.54) is 0 Å². The first-order valence-corrected chi connectivity index (χ1v) is 6.43. The van der Waals surface area contributed by atoms with Gasteiger partial charge in [0.05, 0.1) is 6.10 Å². The standard InChI is InChI=1S/C14H20N2O2/c1-11-3-2-4-12(9-11)16-14(17)10-18-13-5-7-15-8-6-13/h2-4,9,13,15H,5-8,10H2,1H3,(H,16,17). The Hall–Kier alpha value is -1.39. The van der Waals surface area contributed by atoms with Crippen LogP contribution in [0.2, 0.25) is 0 Å². The summed E-state index contributed by atoms with van der Waals surface area (Å²) in [6.45, 7) is 4.09. The zero-order valence-electron chi connectivity index (χ0n) is 10.7. The molecule has 1 aliphatic heterocycles. The number of anilines is 1. The number of hydrogen-bond donors (Lipinski definition) is 2. The van der Waals surface area contributed by atoms with Crippen LogP contribution in [0.5, 0.6) is 0 Å². The normalized spacial score (nSPS) is 16.5. The van der Waals surface area contributed by atoms with Crippen LogP contribution in [0.1, 0.15) is 18.4 Å². The number of nitrogens with one attached hydrogen (secondary N) is 2. The van der Waals surface area contributed by atoms with E-state index >= 15 is 0 Å². The first kappa shape index (κ1) is 13.1. The summed E-state index contributed by atoms with van der Waals surface area (Å²) in [6.07, 6.45) is 2.18. The van der Waals surface area contributed by atoms with Crippen LogP contribution in [-0.2, 0) is 9.53 Å². The molecule has 1 saturated heterocycles. The van der Waals surface area contributed by atoms with E-state index in [0.29, 0.717) is 0 Å². The minimum atomic E-state index is -0.0841. The Morgan fingerprint density at radius 2 is 2.22 bits per heavy atom. The predicted octanol–water partition coefficient (Wildman–Crippen LogP) is 1.70. The lowest BCUT2D eigenvalue weighted by molar-refractivity contribution is -0.123. The molecule has 0 aromatic heterocycles. The number of amides is 1. The third-order valence-corrected chi connectivity index (χ3v) is 3.04. The molecule has 1 amide bonds. The number of benzene rings is 1. The lowest BCUT2D eigenvalue weighted by atomic mass is 10.1. The molecule has 2 N–H and O–H groups in total. The van der Waals surface area contributed by atoms with Gasteiger partial charge in [-0.2, -0.15) is 0 Å². The van der Waals surface area contributed by atoms with Crippen LogP contribution >= 0.6 is 0 Å². The minimum Gasteiger partial charge on any atom is -0.368 e. The molecule has 4 heteroatoms. The van der Waals surface area contributed by atoms with Gasteiger partial charge >= 0.3 is 0 Å². The van der Waals surface area contributed by atoms with Crippen molar-refractivity contribution in [2.24, 2.45) is 0 Å². The van der Waals surface area contributed by atoms with Crippen molar-refractivity contribution in [1.29, 1.82) is 0 Å². The maximum Gasteiger partial charge on any atom is 0.250 e. The van der Waals surface area contributed by atoms with Gasteiger partial charge in [-0.15, -0.1) is 0 Å². The van der Waals surface area contributed by atoms with Gasteiger partial charge in [-0.25, -0.2) is 0 Å². The fraction of sp³-hybridized carbons (Fsp3) is 0.500. The maximum absolute atomic E-state index is 11.7. The van der Waals surface area contributed by atoms with E-state index in [4.69, 9.17) is 4.74 Å². The number of aryl methyl sites for hydroxylation is 1. The van der Waals surface area contributed by atoms with Gasteiger partial charge in [0, 0.05) is 5.69 Å². The molecule has 2 rings (SSSR count). The number of carbonyl (C=O) groups excluding carboxylic acids is 1. The zero-order valence-corrected chi connectivity index (χ0v) is 10.7. The van der Waals surface area contributed by atoms with Crippen LogP contribution < -0.4 is 10.6 Å². The lowest BCUT2D eigenvalue weighted by Crippen LogP contribution is -2.34. The smallest absolute Gasteiger partial charge is 0.250 e. The third kappa shape index (κ3) is 4.13. The number of carbonyl (C=O) groups is 1. The van der Waals surface area contributed by atoms with E-state index in [0.717, 1.165) is 37.2 Å². The molecule has 0 bridgehead atoms. The molecule has 0 radical (unpaired) electrons. The van der Waals surface area contributed by atoms with Crippen LogP contribution in [0.25, 0.3) is 0 Å². The SMILES string of the molecule is Cc1cccc(NC(=O)COC2CCNCC2)c1. The number of piperidine rings is 1. The second kappa shape index (κ2) is 6.52. The fourth-order valence-corrected chi connectivity index (χ4v) is 2.08. The summed E-state index contributed by atoms with van der Waals surface area (Å²) in [7, 11) is 0. The van der Waals surface area contributed by atoms with Crippen molar-refractivity contribution in [3.05, 3.63) is 29.8 Å². The van der Waals surface area contributed by atoms with Gasteiger partial charge in [-0.3, -0.25) is 4.79 Å². The predicted molar refractivity (Wildman–Crippen MR) is 71.7 cm³/mol. The zero-order chi connectivity index (χ0) is 12.8. The summed E-state index contributed by atoms with van der Waals surface area (Å²) >= 11 is 0. The summed E-state index contributed by atoms with van der Waals surface area (Å²) < 4.78 is 5.60. The van der Waals surface area contributed by atoms with Crippen LogP contribution in [-0.4, -0.2) is 31.7 Å². The van der Waals surface area contributed by atoms with Gasteiger partial charge in [-0.1, -0.05) is 12.1 Å². The number of hydrogen-bond acceptors (Lipinski definition) is 3. The van der Waals surface area contributed by atoms with Crippen LogP contribution in [0.3, 0.4) is 0 Å². The highest BCUT2D eigenvalue weighted by Gasteiger charge is 2.14. The van der Waals surface area contributed by atoms with Gasteiger partial charge in [0.2, 0.25) is 5.91 Å². The summed E-state index contributed by atoms with van der Waals surface area (Å²) in [4.78, 5) is 11.7. The lowest BCUT2D eigenvalue weighted by Gasteiger charge is -2.22. The largest absolute Gasteiger partial charge is 0.368 e. The van der Waals surface area contributed by atoms with E-state index in [9.17, 15) is 4.79 Å². The van der Waals surface area contributed by atoms with Crippen molar-refractivity contribution < 1.29 is 9.53 Å². The van der Waals surface area contributed by atoms with Crippen molar-refractivity contribution in [2.75, 3.05) is 25.0 Å². The van der Waals surface area contributed by atoms with Crippen molar-refractivity contribution >= 4 is 11.6 Å². The van der Waals surface area contributed by atoms with Gasteiger partial charge in [0.25, 0.3) is 0 Å². The Morgan fingerprint density at radius 3 is 2.94 bits per heavy atom. The van der Waals surface area contributed by atoms with Crippen LogP contribution in [0, 0.1) is 6.92 Å². The molecule has 1 fully saturated rings.